The zero-order chi connectivity index (χ0) is 15.1. The van der Waals surface area contributed by atoms with Crippen LogP contribution in [0.3, 0.4) is 0 Å². The van der Waals surface area contributed by atoms with Crippen molar-refractivity contribution in [2.75, 3.05) is 13.2 Å². The monoisotopic (exact) mass is 402 g/mol. The maximum atomic E-state index is 11.4. The minimum atomic E-state index is -0.263. The third kappa shape index (κ3) is 5.53. The number of ether oxygens (including phenoxy) is 1. The lowest BCUT2D eigenvalue weighted by Crippen LogP contribution is -2.29. The van der Waals surface area contributed by atoms with E-state index in [1.165, 1.54) is 0 Å². The molecule has 4 nitrogen and oxygen atoms in total. The Morgan fingerprint density at radius 1 is 1.50 bits per heavy atom. The fourth-order valence-electron chi connectivity index (χ4n) is 1.58. The van der Waals surface area contributed by atoms with Crippen LogP contribution in [0.5, 0.6) is 5.75 Å². The van der Waals surface area contributed by atoms with E-state index in [9.17, 15) is 4.79 Å². The van der Waals surface area contributed by atoms with Gasteiger partial charge in [-0.05, 0) is 62.9 Å². The molecule has 1 rings (SSSR count). The molecule has 0 aliphatic rings. The fourth-order valence-corrected chi connectivity index (χ4v) is 3.09. The molecule has 0 bridgehead atoms. The van der Waals surface area contributed by atoms with Crippen LogP contribution in [0.15, 0.2) is 21.1 Å². The summed E-state index contributed by atoms with van der Waals surface area (Å²) in [7, 11) is 0. The molecule has 0 spiro atoms. The molecule has 0 saturated heterocycles. The maximum absolute atomic E-state index is 11.4. The lowest BCUT2D eigenvalue weighted by molar-refractivity contribution is -0.122. The van der Waals surface area contributed by atoms with Crippen molar-refractivity contribution in [2.24, 2.45) is 5.73 Å². The van der Waals surface area contributed by atoms with E-state index in [-0.39, 0.29) is 25.1 Å². The lowest BCUT2D eigenvalue weighted by atomic mass is 10.1. The molecule has 1 unspecified atom stereocenters. The van der Waals surface area contributed by atoms with Gasteiger partial charge >= 0.3 is 0 Å². The van der Waals surface area contributed by atoms with E-state index < -0.39 is 0 Å². The van der Waals surface area contributed by atoms with Crippen LogP contribution in [0.4, 0.5) is 0 Å². The van der Waals surface area contributed by atoms with Crippen molar-refractivity contribution in [2.45, 2.75) is 19.4 Å². The van der Waals surface area contributed by atoms with Gasteiger partial charge in [-0.3, -0.25) is 4.79 Å². The van der Waals surface area contributed by atoms with Gasteiger partial charge in [-0.15, -0.1) is 6.42 Å². The number of carbonyl (C=O) groups is 1. The number of nitrogens with two attached hydrogens (primary N) is 1. The molecular formula is C14H16Br2N2O2. The van der Waals surface area contributed by atoms with Crippen LogP contribution in [0.25, 0.3) is 0 Å². The van der Waals surface area contributed by atoms with Gasteiger partial charge in [0, 0.05) is 6.04 Å². The van der Waals surface area contributed by atoms with Crippen LogP contribution in [0.2, 0.25) is 0 Å². The summed E-state index contributed by atoms with van der Waals surface area (Å²) >= 11 is 6.86. The molecule has 0 heterocycles. The SMILES string of the molecule is C#CCNC(=O)COc1c(Br)cc(CC(C)N)cc1Br. The average molecular weight is 404 g/mol. The molecule has 3 N–H and O–H groups in total. The summed E-state index contributed by atoms with van der Waals surface area (Å²) in [5.41, 5.74) is 6.86. The summed E-state index contributed by atoms with van der Waals surface area (Å²) in [6.07, 6.45) is 5.82. The maximum Gasteiger partial charge on any atom is 0.258 e. The topological polar surface area (TPSA) is 64.3 Å². The standard InChI is InChI=1S/C14H16Br2N2O2/c1-3-4-18-13(19)8-20-14-11(15)6-10(5-9(2)17)7-12(14)16/h1,6-7,9H,4-5,8,17H2,2H3,(H,18,19). The summed E-state index contributed by atoms with van der Waals surface area (Å²) in [5.74, 6) is 2.64. The lowest BCUT2D eigenvalue weighted by Gasteiger charge is -2.13. The zero-order valence-electron chi connectivity index (χ0n) is 11.1. The number of hydrogen-bond acceptors (Lipinski definition) is 3. The number of halogens is 2. The van der Waals surface area contributed by atoms with Crippen LogP contribution in [0, 0.1) is 12.3 Å². The fraction of sp³-hybridized carbons (Fsp3) is 0.357. The Kier molecular flexibility index (Phi) is 7.06. The van der Waals surface area contributed by atoms with Crippen molar-refractivity contribution in [3.63, 3.8) is 0 Å². The van der Waals surface area contributed by atoms with Crippen molar-refractivity contribution in [1.82, 2.24) is 5.32 Å². The highest BCUT2D eigenvalue weighted by Crippen LogP contribution is 2.35. The molecule has 1 aromatic carbocycles. The quantitative estimate of drug-likeness (QED) is 0.716. The average Bonchev–Trinajstić information content (AvgIpc) is 2.34. The van der Waals surface area contributed by atoms with Crippen molar-refractivity contribution >= 4 is 37.8 Å². The highest BCUT2D eigenvalue weighted by Gasteiger charge is 2.11. The molecule has 0 saturated carbocycles. The second kappa shape index (κ2) is 8.30. The number of carbonyl (C=O) groups excluding carboxylic acids is 1. The number of nitrogens with one attached hydrogen (secondary N) is 1. The first-order valence-corrected chi connectivity index (χ1v) is 7.59. The van der Waals surface area contributed by atoms with Crippen LogP contribution in [-0.2, 0) is 11.2 Å². The minimum absolute atomic E-state index is 0.0788. The van der Waals surface area contributed by atoms with Crippen LogP contribution in [-0.4, -0.2) is 25.1 Å². The number of benzene rings is 1. The third-order valence-corrected chi connectivity index (χ3v) is 3.53. The smallest absolute Gasteiger partial charge is 0.258 e. The van der Waals surface area contributed by atoms with Gasteiger partial charge in [-0.1, -0.05) is 5.92 Å². The molecule has 0 fully saturated rings. The van der Waals surface area contributed by atoms with Gasteiger partial charge in [0.05, 0.1) is 15.5 Å². The summed E-state index contributed by atoms with van der Waals surface area (Å²) in [6.45, 7) is 2.05. The van der Waals surface area contributed by atoms with Crippen LogP contribution < -0.4 is 15.8 Å². The first-order chi connectivity index (χ1) is 9.43. The highest BCUT2D eigenvalue weighted by molar-refractivity contribution is 9.11. The van der Waals surface area contributed by atoms with Gasteiger partial charge in [0.2, 0.25) is 0 Å². The molecule has 1 aromatic rings. The number of rotatable bonds is 6. The molecule has 0 aliphatic heterocycles. The molecule has 0 aromatic heterocycles. The zero-order valence-corrected chi connectivity index (χ0v) is 14.3. The van der Waals surface area contributed by atoms with Crippen LogP contribution >= 0.6 is 31.9 Å². The normalized spacial score (nSPS) is 11.6. The van der Waals surface area contributed by atoms with Gasteiger partial charge in [-0.2, -0.15) is 0 Å². The van der Waals surface area contributed by atoms with E-state index in [2.05, 4.69) is 43.1 Å². The Balaban J connectivity index is 2.72. The Bertz CT molecular complexity index is 501. The van der Waals surface area contributed by atoms with Crippen molar-refractivity contribution in [3.05, 3.63) is 26.6 Å². The Labute approximate surface area is 135 Å². The molecular weight excluding hydrogens is 388 g/mol. The number of hydrogen-bond donors (Lipinski definition) is 2. The van der Waals surface area contributed by atoms with E-state index in [1.807, 2.05) is 19.1 Å². The summed E-state index contributed by atoms with van der Waals surface area (Å²) in [4.78, 5) is 11.4. The van der Waals surface area contributed by atoms with E-state index in [1.54, 1.807) is 0 Å². The molecule has 1 atom stereocenters. The van der Waals surface area contributed by atoms with E-state index in [0.717, 1.165) is 20.9 Å². The Morgan fingerprint density at radius 2 is 2.10 bits per heavy atom. The van der Waals surface area contributed by atoms with Crippen LogP contribution in [0.1, 0.15) is 12.5 Å². The van der Waals surface area contributed by atoms with Gasteiger partial charge in [-0.25, -0.2) is 0 Å². The van der Waals surface area contributed by atoms with Crippen molar-refractivity contribution in [1.29, 1.82) is 0 Å². The summed E-state index contributed by atoms with van der Waals surface area (Å²) < 4.78 is 7.02. The predicted molar refractivity (Wildman–Crippen MR) is 86.5 cm³/mol. The molecule has 0 aliphatic carbocycles. The van der Waals surface area contributed by atoms with Gasteiger partial charge in [0.15, 0.2) is 6.61 Å². The van der Waals surface area contributed by atoms with Gasteiger partial charge in [0.25, 0.3) is 5.91 Å². The van der Waals surface area contributed by atoms with E-state index in [0.29, 0.717) is 5.75 Å². The molecule has 108 valence electrons. The summed E-state index contributed by atoms with van der Waals surface area (Å²) in [5, 5.41) is 2.53. The van der Waals surface area contributed by atoms with Crippen molar-refractivity contribution < 1.29 is 9.53 Å². The first kappa shape index (κ1) is 17.0. The van der Waals surface area contributed by atoms with E-state index in [4.69, 9.17) is 16.9 Å². The van der Waals surface area contributed by atoms with Crippen molar-refractivity contribution in [3.8, 4) is 18.1 Å². The van der Waals surface area contributed by atoms with E-state index >= 15 is 0 Å². The highest BCUT2D eigenvalue weighted by atomic mass is 79.9. The Morgan fingerprint density at radius 3 is 2.60 bits per heavy atom. The largest absolute Gasteiger partial charge is 0.481 e. The predicted octanol–water partition coefficient (Wildman–Crippen LogP) is 2.23. The second-order valence-electron chi connectivity index (χ2n) is 4.34. The third-order valence-electron chi connectivity index (χ3n) is 2.35. The second-order valence-corrected chi connectivity index (χ2v) is 6.05. The molecule has 6 heteroatoms. The Hall–Kier alpha value is -1.03. The minimum Gasteiger partial charge on any atom is -0.481 e. The van der Waals surface area contributed by atoms with Gasteiger partial charge < -0.3 is 15.8 Å². The first-order valence-electron chi connectivity index (χ1n) is 6.00. The molecule has 20 heavy (non-hydrogen) atoms. The number of terminal acetylenes is 1. The molecule has 0 radical (unpaired) electrons. The molecule has 1 amide bonds. The summed E-state index contributed by atoms with van der Waals surface area (Å²) in [6, 6.07) is 3.95. The van der Waals surface area contributed by atoms with Gasteiger partial charge in [0.1, 0.15) is 5.75 Å². The number of amides is 1.